The van der Waals surface area contributed by atoms with Crippen LogP contribution in [0.5, 0.6) is 0 Å². The van der Waals surface area contributed by atoms with Crippen molar-refractivity contribution in [3.63, 3.8) is 0 Å². The minimum absolute atomic E-state index is 0.00798. The molecule has 0 aliphatic carbocycles. The maximum atomic E-state index is 12.3. The predicted octanol–water partition coefficient (Wildman–Crippen LogP) is 3.87. The fourth-order valence-corrected chi connectivity index (χ4v) is 3.35. The molecule has 4 nitrogen and oxygen atoms in total. The Balaban J connectivity index is 2.40. The van der Waals surface area contributed by atoms with Gasteiger partial charge in [-0.25, -0.2) is 8.42 Å². The van der Waals surface area contributed by atoms with E-state index in [4.69, 9.17) is 0 Å². The van der Waals surface area contributed by atoms with Gasteiger partial charge in [-0.1, -0.05) is 28.1 Å². The molecule has 0 aliphatic heterocycles. The fraction of sp³-hybridized carbons (Fsp3) is 0.0714. The molecule has 110 valence electrons. The number of amides is 1. The Bertz CT molecular complexity index is 804. The highest BCUT2D eigenvalue weighted by molar-refractivity contribution is 9.11. The van der Waals surface area contributed by atoms with Crippen LogP contribution in [0.15, 0.2) is 56.3 Å². The molecule has 0 atom stereocenters. The van der Waals surface area contributed by atoms with Crippen LogP contribution in [0.4, 0.5) is 5.69 Å². The van der Waals surface area contributed by atoms with E-state index in [1.165, 1.54) is 12.1 Å². The molecule has 0 aromatic heterocycles. The first-order valence-electron chi connectivity index (χ1n) is 5.84. The fourth-order valence-electron chi connectivity index (χ4n) is 1.76. The summed E-state index contributed by atoms with van der Waals surface area (Å²) in [5.74, 6) is -0.477. The third-order valence-corrected chi connectivity index (χ3v) is 5.05. The largest absolute Gasteiger partial charge is 0.321 e. The van der Waals surface area contributed by atoms with Crippen molar-refractivity contribution in [3.8, 4) is 0 Å². The summed E-state index contributed by atoms with van der Waals surface area (Å²) in [6, 6.07) is 11.4. The number of hydrogen-bond acceptors (Lipinski definition) is 3. The van der Waals surface area contributed by atoms with Crippen LogP contribution in [0, 0.1) is 0 Å². The molecule has 0 aliphatic rings. The van der Waals surface area contributed by atoms with Gasteiger partial charge in [0.2, 0.25) is 0 Å². The van der Waals surface area contributed by atoms with Crippen LogP contribution in [0.3, 0.4) is 0 Å². The van der Waals surface area contributed by atoms with Crippen molar-refractivity contribution in [1.82, 2.24) is 0 Å². The summed E-state index contributed by atoms with van der Waals surface area (Å²) in [5.41, 5.74) is 0.671. The number of rotatable bonds is 3. The van der Waals surface area contributed by atoms with E-state index in [1.807, 2.05) is 6.07 Å². The minimum atomic E-state index is -3.47. The van der Waals surface area contributed by atoms with Crippen molar-refractivity contribution in [3.05, 3.63) is 57.0 Å². The van der Waals surface area contributed by atoms with E-state index in [9.17, 15) is 13.2 Å². The molecule has 0 fully saturated rings. The van der Waals surface area contributed by atoms with Crippen LogP contribution in [0.2, 0.25) is 0 Å². The summed E-state index contributed by atoms with van der Waals surface area (Å²) in [6.45, 7) is 0. The molecule has 0 spiro atoms. The number of anilines is 1. The number of hydrogen-bond donors (Lipinski definition) is 1. The Morgan fingerprint density at radius 1 is 1.10 bits per heavy atom. The average Bonchev–Trinajstić information content (AvgIpc) is 2.42. The molecule has 2 rings (SSSR count). The molecule has 1 amide bonds. The number of halogens is 2. The second-order valence-corrected chi connectivity index (χ2v) is 8.10. The quantitative estimate of drug-likeness (QED) is 0.800. The Morgan fingerprint density at radius 3 is 2.43 bits per heavy atom. The predicted molar refractivity (Wildman–Crippen MR) is 89.3 cm³/mol. The van der Waals surface area contributed by atoms with Crippen molar-refractivity contribution in [1.29, 1.82) is 0 Å². The van der Waals surface area contributed by atoms with Gasteiger partial charge < -0.3 is 5.32 Å². The molecule has 0 bridgehead atoms. The number of nitrogens with one attached hydrogen (secondary N) is 1. The molecule has 21 heavy (non-hydrogen) atoms. The van der Waals surface area contributed by atoms with Crippen LogP contribution in [0.25, 0.3) is 0 Å². The minimum Gasteiger partial charge on any atom is -0.321 e. The summed E-state index contributed by atoms with van der Waals surface area (Å²) in [6.07, 6.45) is 1.08. The highest BCUT2D eigenvalue weighted by Crippen LogP contribution is 2.27. The van der Waals surface area contributed by atoms with Gasteiger partial charge in [-0.05, 0) is 46.3 Å². The molecule has 0 heterocycles. The molecular weight excluding hydrogens is 422 g/mol. The summed E-state index contributed by atoms with van der Waals surface area (Å²) < 4.78 is 25.0. The summed E-state index contributed by atoms with van der Waals surface area (Å²) in [7, 11) is -3.47. The number of benzene rings is 2. The first-order valence-corrected chi connectivity index (χ1v) is 9.32. The van der Waals surface area contributed by atoms with Crippen molar-refractivity contribution < 1.29 is 13.2 Å². The van der Waals surface area contributed by atoms with Gasteiger partial charge in [0.25, 0.3) is 5.91 Å². The standard InChI is InChI=1S/C14H11Br2NO3S/c1-21(19,20)13-5-3-2-4-10(13)14(18)17-12-8-9(15)6-7-11(12)16/h2-8H,1H3,(H,17,18). The lowest BCUT2D eigenvalue weighted by Crippen LogP contribution is -2.16. The van der Waals surface area contributed by atoms with Crippen molar-refractivity contribution in [2.24, 2.45) is 0 Å². The molecule has 0 saturated heterocycles. The highest BCUT2D eigenvalue weighted by Gasteiger charge is 2.18. The molecule has 1 N–H and O–H groups in total. The van der Waals surface area contributed by atoms with Crippen LogP contribution in [0.1, 0.15) is 10.4 Å². The Hall–Kier alpha value is -1.18. The lowest BCUT2D eigenvalue weighted by Gasteiger charge is -2.10. The summed E-state index contributed by atoms with van der Waals surface area (Å²) in [5, 5.41) is 2.70. The second kappa shape index (κ2) is 6.29. The zero-order chi connectivity index (χ0) is 15.6. The van der Waals surface area contributed by atoms with Crippen molar-refractivity contribution >= 4 is 53.3 Å². The molecule has 0 radical (unpaired) electrons. The Labute approximate surface area is 139 Å². The maximum Gasteiger partial charge on any atom is 0.257 e. The van der Waals surface area contributed by atoms with Crippen LogP contribution in [-0.2, 0) is 9.84 Å². The topological polar surface area (TPSA) is 63.2 Å². The van der Waals surface area contributed by atoms with Crippen LogP contribution in [-0.4, -0.2) is 20.6 Å². The van der Waals surface area contributed by atoms with Gasteiger partial charge in [-0.15, -0.1) is 0 Å². The van der Waals surface area contributed by atoms with E-state index < -0.39 is 15.7 Å². The highest BCUT2D eigenvalue weighted by atomic mass is 79.9. The maximum absolute atomic E-state index is 12.3. The third-order valence-electron chi connectivity index (χ3n) is 2.71. The van der Waals surface area contributed by atoms with E-state index in [0.717, 1.165) is 10.7 Å². The molecular formula is C14H11Br2NO3S. The van der Waals surface area contributed by atoms with E-state index in [0.29, 0.717) is 10.2 Å². The third kappa shape index (κ3) is 3.93. The number of sulfone groups is 1. The second-order valence-electron chi connectivity index (χ2n) is 4.35. The lowest BCUT2D eigenvalue weighted by molar-refractivity contribution is 0.102. The monoisotopic (exact) mass is 431 g/mol. The normalized spacial score (nSPS) is 11.2. The van der Waals surface area contributed by atoms with Gasteiger partial charge in [0.05, 0.1) is 16.1 Å². The van der Waals surface area contributed by atoms with Crippen LogP contribution >= 0.6 is 31.9 Å². The molecule has 2 aromatic carbocycles. The molecule has 2 aromatic rings. The lowest BCUT2D eigenvalue weighted by atomic mass is 10.2. The smallest absolute Gasteiger partial charge is 0.257 e. The zero-order valence-electron chi connectivity index (χ0n) is 10.9. The number of carbonyl (C=O) groups is 1. The molecule has 0 saturated carbocycles. The van der Waals surface area contributed by atoms with Gasteiger partial charge in [-0.3, -0.25) is 4.79 Å². The van der Waals surface area contributed by atoms with Gasteiger partial charge >= 0.3 is 0 Å². The first-order chi connectivity index (χ1) is 9.79. The van der Waals surface area contributed by atoms with Crippen molar-refractivity contribution in [2.45, 2.75) is 4.90 Å². The van der Waals surface area contributed by atoms with Crippen molar-refractivity contribution in [2.75, 3.05) is 11.6 Å². The van der Waals surface area contributed by atoms with Gasteiger partial charge in [-0.2, -0.15) is 0 Å². The van der Waals surface area contributed by atoms with Crippen LogP contribution < -0.4 is 5.32 Å². The Kier molecular flexibility index (Phi) is 4.85. The van der Waals surface area contributed by atoms with E-state index >= 15 is 0 Å². The number of carbonyl (C=O) groups excluding carboxylic acids is 1. The Morgan fingerprint density at radius 2 is 1.76 bits per heavy atom. The summed E-state index contributed by atoms with van der Waals surface area (Å²) in [4.78, 5) is 12.3. The van der Waals surface area contributed by atoms with Gasteiger partial charge in [0.15, 0.2) is 9.84 Å². The zero-order valence-corrected chi connectivity index (χ0v) is 14.9. The molecule has 0 unspecified atom stereocenters. The first kappa shape index (κ1) is 16.2. The van der Waals surface area contributed by atoms with Gasteiger partial charge in [0.1, 0.15) is 0 Å². The van der Waals surface area contributed by atoms with Gasteiger partial charge in [0, 0.05) is 15.2 Å². The molecule has 7 heteroatoms. The van der Waals surface area contributed by atoms with E-state index in [1.54, 1.807) is 24.3 Å². The summed E-state index contributed by atoms with van der Waals surface area (Å²) >= 11 is 6.66. The van der Waals surface area contributed by atoms with E-state index in [2.05, 4.69) is 37.2 Å². The van der Waals surface area contributed by atoms with E-state index in [-0.39, 0.29) is 10.5 Å². The average molecular weight is 433 g/mol. The SMILES string of the molecule is CS(=O)(=O)c1ccccc1C(=O)Nc1cc(Br)ccc1Br.